The van der Waals surface area contributed by atoms with E-state index in [1.165, 1.54) is 18.2 Å². The highest BCUT2D eigenvalue weighted by molar-refractivity contribution is 5.76. The highest BCUT2D eigenvalue weighted by atomic mass is 19.1. The summed E-state index contributed by atoms with van der Waals surface area (Å²) in [4.78, 5) is 10.3. The van der Waals surface area contributed by atoms with Crippen molar-refractivity contribution in [1.82, 2.24) is 0 Å². The van der Waals surface area contributed by atoms with Gasteiger partial charge in [0.1, 0.15) is 11.6 Å². The van der Waals surface area contributed by atoms with Gasteiger partial charge in [-0.3, -0.25) is 4.79 Å². The van der Waals surface area contributed by atoms with Crippen LogP contribution in [0.2, 0.25) is 0 Å². The molecule has 2 nitrogen and oxygen atoms in total. The number of hydrogen-bond donors (Lipinski definition) is 1. The van der Waals surface area contributed by atoms with Crippen LogP contribution in [0.15, 0.2) is 24.3 Å². The zero-order valence-corrected chi connectivity index (χ0v) is 7.34. The van der Waals surface area contributed by atoms with Crippen molar-refractivity contribution >= 4 is 12.0 Å². The molecule has 0 spiro atoms. The van der Waals surface area contributed by atoms with Crippen molar-refractivity contribution in [1.29, 1.82) is 0 Å². The lowest BCUT2D eigenvalue weighted by Gasteiger charge is -1.97. The lowest BCUT2D eigenvalue weighted by molar-refractivity contribution is -0.117. The van der Waals surface area contributed by atoms with Gasteiger partial charge in [0.05, 0.1) is 0 Å². The first-order valence-corrected chi connectivity index (χ1v) is 4.00. The van der Waals surface area contributed by atoms with Gasteiger partial charge in [0, 0.05) is 12.0 Å². The van der Waals surface area contributed by atoms with Crippen molar-refractivity contribution in [3.63, 3.8) is 0 Å². The number of carbonyl (C=O) groups is 1. The zero-order valence-electron chi connectivity index (χ0n) is 7.34. The van der Waals surface area contributed by atoms with Crippen molar-refractivity contribution in [2.24, 2.45) is 5.73 Å². The van der Waals surface area contributed by atoms with E-state index >= 15 is 0 Å². The second-order valence-corrected chi connectivity index (χ2v) is 2.71. The molecule has 0 saturated carbocycles. The number of halogens is 2. The zero-order chi connectivity index (χ0) is 10.6. The lowest BCUT2D eigenvalue weighted by Crippen LogP contribution is -2.07. The molecule has 0 unspecified atom stereocenters. The summed E-state index contributed by atoms with van der Waals surface area (Å²) in [5.41, 5.74) is 4.70. The standard InChI is InChI=1S/C10H9F2NO/c11-8-4-2-5-9(12)7(8)3-1-6-10(13)14/h1-5H,6H2,(H2,13,14). The van der Waals surface area contributed by atoms with Gasteiger partial charge in [-0.25, -0.2) is 8.78 Å². The number of primary amides is 1. The number of carbonyl (C=O) groups excluding carboxylic acids is 1. The summed E-state index contributed by atoms with van der Waals surface area (Å²) in [6, 6.07) is 3.57. The molecule has 1 aromatic carbocycles. The average Bonchev–Trinajstić information content (AvgIpc) is 2.09. The lowest BCUT2D eigenvalue weighted by atomic mass is 10.1. The Balaban J connectivity index is 2.85. The molecule has 74 valence electrons. The number of hydrogen-bond acceptors (Lipinski definition) is 1. The number of rotatable bonds is 3. The van der Waals surface area contributed by atoms with Gasteiger partial charge in [-0.2, -0.15) is 0 Å². The van der Waals surface area contributed by atoms with Crippen LogP contribution in [0.25, 0.3) is 6.08 Å². The molecule has 0 aliphatic rings. The van der Waals surface area contributed by atoms with Crippen LogP contribution < -0.4 is 5.73 Å². The molecule has 1 amide bonds. The summed E-state index contributed by atoms with van der Waals surface area (Å²) in [6.45, 7) is 0. The Bertz CT molecular complexity index is 354. The molecule has 0 heterocycles. The first kappa shape index (κ1) is 10.4. The Morgan fingerprint density at radius 3 is 2.43 bits per heavy atom. The molecule has 1 aromatic rings. The average molecular weight is 197 g/mol. The van der Waals surface area contributed by atoms with E-state index in [1.807, 2.05) is 0 Å². The summed E-state index contributed by atoms with van der Waals surface area (Å²) in [6.07, 6.45) is 2.49. The molecule has 0 aliphatic carbocycles. The minimum absolute atomic E-state index is 0.0340. The van der Waals surface area contributed by atoms with Crippen LogP contribution in [-0.2, 0) is 4.79 Å². The summed E-state index contributed by atoms with van der Waals surface area (Å²) >= 11 is 0. The molecule has 0 aromatic heterocycles. The molecular formula is C10H9F2NO. The quantitative estimate of drug-likeness (QED) is 0.789. The maximum Gasteiger partial charge on any atom is 0.221 e. The molecule has 2 N–H and O–H groups in total. The molecule has 0 atom stereocenters. The maximum atomic E-state index is 13.0. The second kappa shape index (κ2) is 4.50. The van der Waals surface area contributed by atoms with Crippen LogP contribution in [0.4, 0.5) is 8.78 Å². The molecule has 0 aliphatic heterocycles. The Labute approximate surface area is 80.0 Å². The molecule has 14 heavy (non-hydrogen) atoms. The van der Waals surface area contributed by atoms with Crippen LogP contribution in [-0.4, -0.2) is 5.91 Å². The number of nitrogens with two attached hydrogens (primary N) is 1. The van der Waals surface area contributed by atoms with Gasteiger partial charge in [-0.1, -0.05) is 18.2 Å². The SMILES string of the molecule is NC(=O)CC=Cc1c(F)cccc1F. The van der Waals surface area contributed by atoms with Crippen LogP contribution in [0, 0.1) is 11.6 Å². The monoisotopic (exact) mass is 197 g/mol. The van der Waals surface area contributed by atoms with Crippen LogP contribution >= 0.6 is 0 Å². The Morgan fingerprint density at radius 1 is 1.36 bits per heavy atom. The number of benzene rings is 1. The van der Waals surface area contributed by atoms with Gasteiger partial charge in [-0.15, -0.1) is 0 Å². The van der Waals surface area contributed by atoms with E-state index in [2.05, 4.69) is 0 Å². The predicted octanol–water partition coefficient (Wildman–Crippen LogP) is 1.85. The van der Waals surface area contributed by atoms with Crippen molar-refractivity contribution < 1.29 is 13.6 Å². The Kier molecular flexibility index (Phi) is 3.34. The Morgan fingerprint density at radius 2 is 1.93 bits per heavy atom. The van der Waals surface area contributed by atoms with Crippen LogP contribution in [0.5, 0.6) is 0 Å². The fourth-order valence-corrected chi connectivity index (χ4v) is 0.963. The third kappa shape index (κ3) is 2.65. The van der Waals surface area contributed by atoms with Crippen molar-refractivity contribution in [2.75, 3.05) is 0 Å². The fraction of sp³-hybridized carbons (Fsp3) is 0.100. The molecule has 0 saturated heterocycles. The second-order valence-electron chi connectivity index (χ2n) is 2.71. The Hall–Kier alpha value is -1.71. The third-order valence-electron chi connectivity index (χ3n) is 1.60. The van der Waals surface area contributed by atoms with E-state index < -0.39 is 17.5 Å². The predicted molar refractivity (Wildman–Crippen MR) is 49.2 cm³/mol. The van der Waals surface area contributed by atoms with Crippen molar-refractivity contribution in [2.45, 2.75) is 6.42 Å². The fourth-order valence-electron chi connectivity index (χ4n) is 0.963. The van der Waals surface area contributed by atoms with E-state index in [9.17, 15) is 13.6 Å². The first-order chi connectivity index (χ1) is 6.61. The van der Waals surface area contributed by atoms with Gasteiger partial charge < -0.3 is 5.73 Å². The smallest absolute Gasteiger partial charge is 0.221 e. The van der Waals surface area contributed by atoms with E-state index in [0.717, 1.165) is 12.1 Å². The highest BCUT2D eigenvalue weighted by Crippen LogP contribution is 2.13. The van der Waals surface area contributed by atoms with Gasteiger partial charge in [0.25, 0.3) is 0 Å². The van der Waals surface area contributed by atoms with Gasteiger partial charge >= 0.3 is 0 Å². The molecule has 0 bridgehead atoms. The molecule has 0 radical (unpaired) electrons. The summed E-state index contributed by atoms with van der Waals surface area (Å²) in [5, 5.41) is 0. The minimum Gasteiger partial charge on any atom is -0.369 e. The highest BCUT2D eigenvalue weighted by Gasteiger charge is 2.03. The molecule has 4 heteroatoms. The van der Waals surface area contributed by atoms with Gasteiger partial charge in [-0.05, 0) is 12.1 Å². The van der Waals surface area contributed by atoms with Crippen molar-refractivity contribution in [3.8, 4) is 0 Å². The number of amides is 1. The summed E-state index contributed by atoms with van der Waals surface area (Å²) in [5.74, 6) is -1.87. The third-order valence-corrected chi connectivity index (χ3v) is 1.60. The van der Waals surface area contributed by atoms with E-state index in [1.54, 1.807) is 0 Å². The molecular weight excluding hydrogens is 188 g/mol. The largest absolute Gasteiger partial charge is 0.369 e. The maximum absolute atomic E-state index is 13.0. The summed E-state index contributed by atoms with van der Waals surface area (Å²) < 4.78 is 25.9. The minimum atomic E-state index is -0.661. The van der Waals surface area contributed by atoms with Gasteiger partial charge in [0.2, 0.25) is 5.91 Å². The van der Waals surface area contributed by atoms with Crippen molar-refractivity contribution in [3.05, 3.63) is 41.5 Å². The van der Waals surface area contributed by atoms with E-state index in [4.69, 9.17) is 5.73 Å². The van der Waals surface area contributed by atoms with Gasteiger partial charge in [0.15, 0.2) is 0 Å². The summed E-state index contributed by atoms with van der Waals surface area (Å²) in [7, 11) is 0. The first-order valence-electron chi connectivity index (χ1n) is 4.00. The van der Waals surface area contributed by atoms with Crippen LogP contribution in [0.3, 0.4) is 0 Å². The van der Waals surface area contributed by atoms with E-state index in [0.29, 0.717) is 0 Å². The topological polar surface area (TPSA) is 43.1 Å². The molecule has 1 rings (SSSR count). The van der Waals surface area contributed by atoms with E-state index in [-0.39, 0.29) is 12.0 Å². The van der Waals surface area contributed by atoms with Crippen LogP contribution in [0.1, 0.15) is 12.0 Å². The molecule has 0 fully saturated rings. The normalized spacial score (nSPS) is 10.7.